The second-order valence-corrected chi connectivity index (χ2v) is 5.27. The van der Waals surface area contributed by atoms with Crippen LogP contribution >= 0.6 is 0 Å². The Morgan fingerprint density at radius 2 is 2.09 bits per heavy atom. The summed E-state index contributed by atoms with van der Waals surface area (Å²) in [5.74, 6) is -0.132. The van der Waals surface area contributed by atoms with E-state index in [1.807, 2.05) is 6.92 Å². The van der Waals surface area contributed by atoms with Crippen LogP contribution in [0.15, 0.2) is 18.2 Å². The maximum absolute atomic E-state index is 12.3. The van der Waals surface area contributed by atoms with Crippen molar-refractivity contribution in [2.24, 2.45) is 0 Å². The van der Waals surface area contributed by atoms with Gasteiger partial charge in [-0.2, -0.15) is 0 Å². The molecular weight excluding hydrogens is 284 g/mol. The minimum absolute atomic E-state index is 0.0824. The zero-order valence-electron chi connectivity index (χ0n) is 13.0. The third-order valence-corrected chi connectivity index (χ3v) is 3.45. The lowest BCUT2D eigenvalue weighted by Crippen LogP contribution is -2.48. The third kappa shape index (κ3) is 3.27. The number of Topliss-reactive ketones (excluding diaryl/α,β-unsaturated/α-hetero) is 1. The van der Waals surface area contributed by atoms with Crippen LogP contribution in [-0.4, -0.2) is 36.8 Å². The lowest BCUT2D eigenvalue weighted by atomic mass is 10.1. The molecule has 2 rings (SSSR count). The Hall–Kier alpha value is -2.37. The molecule has 6 heteroatoms. The number of carbonyl (C=O) groups excluding carboxylic acids is 3. The number of carbonyl (C=O) groups is 3. The van der Waals surface area contributed by atoms with Gasteiger partial charge in [-0.3, -0.25) is 19.3 Å². The predicted molar refractivity (Wildman–Crippen MR) is 82.2 cm³/mol. The van der Waals surface area contributed by atoms with Gasteiger partial charge in [-0.25, -0.2) is 0 Å². The number of fused-ring (bicyclic) bond motifs is 1. The number of anilines is 1. The van der Waals surface area contributed by atoms with E-state index in [-0.39, 0.29) is 24.1 Å². The van der Waals surface area contributed by atoms with E-state index in [0.717, 1.165) is 6.42 Å². The largest absolute Gasteiger partial charge is 0.479 e. The number of benzene rings is 1. The zero-order valence-corrected chi connectivity index (χ0v) is 13.0. The van der Waals surface area contributed by atoms with Crippen LogP contribution in [0.3, 0.4) is 0 Å². The van der Waals surface area contributed by atoms with E-state index in [1.165, 1.54) is 11.8 Å². The molecule has 1 atom stereocenters. The minimum atomic E-state index is -0.658. The second kappa shape index (κ2) is 6.60. The molecule has 0 aliphatic carbocycles. The van der Waals surface area contributed by atoms with Gasteiger partial charge in [-0.05, 0) is 38.5 Å². The Morgan fingerprint density at radius 3 is 2.73 bits per heavy atom. The molecule has 0 aromatic heterocycles. The van der Waals surface area contributed by atoms with E-state index in [0.29, 0.717) is 23.5 Å². The normalized spacial score (nSPS) is 16.8. The first-order chi connectivity index (χ1) is 10.4. The molecular formula is C16H20N2O4. The molecule has 118 valence electrons. The summed E-state index contributed by atoms with van der Waals surface area (Å²) in [4.78, 5) is 37.2. The van der Waals surface area contributed by atoms with Crippen LogP contribution < -0.4 is 15.0 Å². The molecule has 0 bridgehead atoms. The van der Waals surface area contributed by atoms with Gasteiger partial charge in [0.1, 0.15) is 12.3 Å². The average Bonchev–Trinajstić information content (AvgIpc) is 2.49. The monoisotopic (exact) mass is 304 g/mol. The fraction of sp³-hybridized carbons (Fsp3) is 0.438. The van der Waals surface area contributed by atoms with Crippen molar-refractivity contribution in [3.63, 3.8) is 0 Å². The van der Waals surface area contributed by atoms with E-state index in [1.54, 1.807) is 25.1 Å². The molecule has 1 N–H and O–H groups in total. The summed E-state index contributed by atoms with van der Waals surface area (Å²) in [7, 11) is 0. The van der Waals surface area contributed by atoms with Crippen molar-refractivity contribution < 1.29 is 19.1 Å². The molecule has 1 aliphatic heterocycles. The number of ether oxygens (including phenoxy) is 1. The average molecular weight is 304 g/mol. The van der Waals surface area contributed by atoms with Gasteiger partial charge in [0.15, 0.2) is 11.9 Å². The number of ketones is 1. The fourth-order valence-electron chi connectivity index (χ4n) is 2.25. The van der Waals surface area contributed by atoms with Crippen LogP contribution in [0.5, 0.6) is 5.75 Å². The van der Waals surface area contributed by atoms with Crippen molar-refractivity contribution in [3.8, 4) is 5.75 Å². The highest BCUT2D eigenvalue weighted by atomic mass is 16.5. The molecule has 1 aromatic rings. The smallest absolute Gasteiger partial charge is 0.268 e. The number of hydrogen-bond acceptors (Lipinski definition) is 4. The molecule has 1 aliphatic rings. The summed E-state index contributed by atoms with van der Waals surface area (Å²) >= 11 is 0. The first-order valence-electron chi connectivity index (χ1n) is 7.33. The van der Waals surface area contributed by atoms with E-state index in [2.05, 4.69) is 5.32 Å². The Balaban J connectivity index is 2.32. The summed E-state index contributed by atoms with van der Waals surface area (Å²) in [6.07, 6.45) is 0.166. The Bertz CT molecular complexity index is 612. The first-order valence-corrected chi connectivity index (χ1v) is 7.33. The lowest BCUT2D eigenvalue weighted by Gasteiger charge is -2.32. The highest BCUT2D eigenvalue weighted by Crippen LogP contribution is 2.34. The van der Waals surface area contributed by atoms with Gasteiger partial charge in [0, 0.05) is 12.1 Å². The van der Waals surface area contributed by atoms with Crippen LogP contribution in [0.25, 0.3) is 0 Å². The summed E-state index contributed by atoms with van der Waals surface area (Å²) in [5, 5.41) is 2.74. The van der Waals surface area contributed by atoms with Crippen LogP contribution in [0.2, 0.25) is 0 Å². The van der Waals surface area contributed by atoms with Crippen molar-refractivity contribution in [2.75, 3.05) is 18.0 Å². The molecule has 0 saturated carbocycles. The third-order valence-electron chi connectivity index (χ3n) is 3.45. The molecule has 1 aromatic carbocycles. The number of nitrogens with one attached hydrogen (secondary N) is 1. The van der Waals surface area contributed by atoms with Crippen molar-refractivity contribution >= 4 is 23.3 Å². The molecule has 0 spiro atoms. The summed E-state index contributed by atoms with van der Waals surface area (Å²) in [6.45, 7) is 5.53. The predicted octanol–water partition coefficient (Wildman–Crippen LogP) is 1.53. The standard InChI is InChI=1S/C16H20N2O4/c1-4-7-17-15(20)9-18-13-8-12(10(2)19)5-6-14(13)22-11(3)16(18)21/h5-6,8,11H,4,7,9H2,1-3H3,(H,17,20). The molecule has 1 unspecified atom stereocenters. The number of hydrogen-bond donors (Lipinski definition) is 1. The summed E-state index contributed by atoms with van der Waals surface area (Å²) in [6, 6.07) is 4.90. The van der Waals surface area contributed by atoms with E-state index in [9.17, 15) is 14.4 Å². The molecule has 0 radical (unpaired) electrons. The first kappa shape index (κ1) is 16.0. The summed E-state index contributed by atoms with van der Waals surface area (Å²) < 4.78 is 5.54. The van der Waals surface area contributed by atoms with Gasteiger partial charge >= 0.3 is 0 Å². The highest BCUT2D eigenvalue weighted by Gasteiger charge is 2.33. The van der Waals surface area contributed by atoms with E-state index < -0.39 is 6.10 Å². The highest BCUT2D eigenvalue weighted by molar-refractivity contribution is 6.05. The van der Waals surface area contributed by atoms with Gasteiger partial charge in [0.25, 0.3) is 5.91 Å². The van der Waals surface area contributed by atoms with Crippen LogP contribution in [0.4, 0.5) is 5.69 Å². The van der Waals surface area contributed by atoms with Crippen molar-refractivity contribution in [2.45, 2.75) is 33.3 Å². The van der Waals surface area contributed by atoms with Crippen LogP contribution in [0.1, 0.15) is 37.6 Å². The maximum atomic E-state index is 12.3. The van der Waals surface area contributed by atoms with Crippen molar-refractivity contribution in [1.82, 2.24) is 5.32 Å². The number of rotatable bonds is 5. The van der Waals surface area contributed by atoms with Crippen LogP contribution in [-0.2, 0) is 9.59 Å². The van der Waals surface area contributed by atoms with Crippen molar-refractivity contribution in [1.29, 1.82) is 0 Å². The molecule has 2 amide bonds. The van der Waals surface area contributed by atoms with Gasteiger partial charge in [-0.15, -0.1) is 0 Å². The number of nitrogens with zero attached hydrogens (tertiary/aromatic N) is 1. The Kier molecular flexibility index (Phi) is 4.80. The fourth-order valence-corrected chi connectivity index (χ4v) is 2.25. The van der Waals surface area contributed by atoms with E-state index >= 15 is 0 Å². The molecule has 1 heterocycles. The molecule has 0 fully saturated rings. The maximum Gasteiger partial charge on any atom is 0.268 e. The minimum Gasteiger partial charge on any atom is -0.479 e. The lowest BCUT2D eigenvalue weighted by molar-refractivity contribution is -0.128. The van der Waals surface area contributed by atoms with Gasteiger partial charge in [-0.1, -0.05) is 6.92 Å². The zero-order chi connectivity index (χ0) is 16.3. The second-order valence-electron chi connectivity index (χ2n) is 5.27. The Morgan fingerprint density at radius 1 is 1.36 bits per heavy atom. The molecule has 22 heavy (non-hydrogen) atoms. The summed E-state index contributed by atoms with van der Waals surface area (Å²) in [5.41, 5.74) is 0.936. The van der Waals surface area contributed by atoms with Gasteiger partial charge in [0.2, 0.25) is 5.91 Å². The molecule has 0 saturated heterocycles. The van der Waals surface area contributed by atoms with Gasteiger partial charge < -0.3 is 10.1 Å². The SMILES string of the molecule is CCCNC(=O)CN1C(=O)C(C)Oc2ccc(C(C)=O)cc21. The quantitative estimate of drug-likeness (QED) is 0.837. The Labute approximate surface area is 129 Å². The topological polar surface area (TPSA) is 75.7 Å². The van der Waals surface area contributed by atoms with Crippen LogP contribution in [0, 0.1) is 0 Å². The molecule has 6 nitrogen and oxygen atoms in total. The van der Waals surface area contributed by atoms with Crippen molar-refractivity contribution in [3.05, 3.63) is 23.8 Å². The van der Waals surface area contributed by atoms with Gasteiger partial charge in [0.05, 0.1) is 5.69 Å². The number of amides is 2. The van der Waals surface area contributed by atoms with E-state index in [4.69, 9.17) is 4.74 Å².